The van der Waals surface area contributed by atoms with Crippen molar-refractivity contribution < 1.29 is 9.53 Å². The minimum absolute atomic E-state index is 0.0172. The van der Waals surface area contributed by atoms with Crippen molar-refractivity contribution in [3.05, 3.63) is 12.1 Å². The summed E-state index contributed by atoms with van der Waals surface area (Å²) in [4.78, 5) is 17.2. The van der Waals surface area contributed by atoms with Crippen molar-refractivity contribution in [2.24, 2.45) is 23.2 Å². The van der Waals surface area contributed by atoms with Crippen LogP contribution in [0.4, 0.5) is 5.82 Å². The summed E-state index contributed by atoms with van der Waals surface area (Å²) in [5, 5.41) is 8.38. The number of nitrogens with zero attached hydrogens (tertiary/aromatic N) is 4. The highest BCUT2D eigenvalue weighted by Gasteiger charge is 2.51. The molecule has 0 N–H and O–H groups in total. The number of amides is 1. The Labute approximate surface area is 174 Å². The van der Waals surface area contributed by atoms with Gasteiger partial charge in [0.05, 0.1) is 6.54 Å². The number of likely N-dealkylation sites (tertiary alicyclic amines) is 1. The second-order valence-corrected chi connectivity index (χ2v) is 10.4. The van der Waals surface area contributed by atoms with Crippen LogP contribution in [0.5, 0.6) is 5.88 Å². The normalized spacial score (nSPS) is 35.6. The van der Waals surface area contributed by atoms with Gasteiger partial charge in [0.15, 0.2) is 5.82 Å². The summed E-state index contributed by atoms with van der Waals surface area (Å²) >= 11 is 0. The van der Waals surface area contributed by atoms with Gasteiger partial charge in [-0.05, 0) is 80.6 Å². The summed E-state index contributed by atoms with van der Waals surface area (Å²) in [7, 11) is 3.89. The van der Waals surface area contributed by atoms with E-state index in [1.807, 2.05) is 31.1 Å². The summed E-state index contributed by atoms with van der Waals surface area (Å²) in [5.41, 5.74) is 0.313. The minimum Gasteiger partial charge on any atom is -0.471 e. The number of piperidine rings is 1. The number of ether oxygens (including phenoxy) is 1. The predicted molar refractivity (Wildman–Crippen MR) is 112 cm³/mol. The molecule has 0 radical (unpaired) electrons. The van der Waals surface area contributed by atoms with Crippen LogP contribution < -0.4 is 9.64 Å². The largest absolute Gasteiger partial charge is 0.471 e. The highest BCUT2D eigenvalue weighted by atomic mass is 16.5. The lowest BCUT2D eigenvalue weighted by molar-refractivity contribution is -0.142. The molecular formula is C23H34N4O2. The van der Waals surface area contributed by atoms with Crippen LogP contribution in [0.3, 0.4) is 0 Å². The average molecular weight is 399 g/mol. The second kappa shape index (κ2) is 7.44. The Morgan fingerprint density at radius 3 is 2.41 bits per heavy atom. The Bertz CT molecular complexity index is 712. The van der Waals surface area contributed by atoms with Crippen molar-refractivity contribution in [2.45, 2.75) is 63.9 Å². The molecule has 4 bridgehead atoms. The zero-order valence-electron chi connectivity index (χ0n) is 17.8. The van der Waals surface area contributed by atoms with E-state index >= 15 is 0 Å². The van der Waals surface area contributed by atoms with Crippen LogP contribution in [0.25, 0.3) is 0 Å². The molecule has 1 aromatic heterocycles. The van der Waals surface area contributed by atoms with Crippen LogP contribution in [0.15, 0.2) is 12.1 Å². The van der Waals surface area contributed by atoms with Gasteiger partial charge < -0.3 is 14.5 Å². The number of aromatic nitrogens is 2. The Hall–Kier alpha value is -1.85. The molecule has 158 valence electrons. The first kappa shape index (κ1) is 19.1. The van der Waals surface area contributed by atoms with Crippen LogP contribution in [-0.4, -0.2) is 54.3 Å². The van der Waals surface area contributed by atoms with Crippen molar-refractivity contribution >= 4 is 11.7 Å². The Balaban J connectivity index is 1.19. The van der Waals surface area contributed by atoms with E-state index in [4.69, 9.17) is 4.74 Å². The van der Waals surface area contributed by atoms with Crippen molar-refractivity contribution in [3.63, 3.8) is 0 Å². The monoisotopic (exact) mass is 398 g/mol. The lowest BCUT2D eigenvalue weighted by atomic mass is 9.49. The SMILES string of the molecule is CN(C)c1ccc(OC2CCCN(C(=O)CC34CC5CC(CC(C5)C3)C4)C2)nn1. The molecule has 1 amide bonds. The molecule has 4 saturated carbocycles. The zero-order chi connectivity index (χ0) is 20.0. The lowest BCUT2D eigenvalue weighted by Crippen LogP contribution is -2.50. The van der Waals surface area contributed by atoms with Crippen LogP contribution >= 0.6 is 0 Å². The van der Waals surface area contributed by atoms with Gasteiger partial charge in [-0.2, -0.15) is 0 Å². The lowest BCUT2D eigenvalue weighted by Gasteiger charge is -2.57. The molecule has 1 saturated heterocycles. The van der Waals surface area contributed by atoms with Gasteiger partial charge in [-0.3, -0.25) is 4.79 Å². The van der Waals surface area contributed by atoms with E-state index in [1.165, 1.54) is 38.5 Å². The first-order chi connectivity index (χ1) is 14.0. The fourth-order valence-electron chi connectivity index (χ4n) is 6.99. The molecule has 4 aliphatic carbocycles. The number of hydrogen-bond acceptors (Lipinski definition) is 5. The Morgan fingerprint density at radius 1 is 1.14 bits per heavy atom. The molecule has 0 aromatic carbocycles. The number of carbonyl (C=O) groups is 1. The Kier molecular flexibility index (Phi) is 4.91. The number of anilines is 1. The van der Waals surface area contributed by atoms with E-state index in [9.17, 15) is 4.79 Å². The molecule has 0 spiro atoms. The van der Waals surface area contributed by atoms with Crippen LogP contribution in [0, 0.1) is 23.2 Å². The van der Waals surface area contributed by atoms with Gasteiger partial charge in [-0.1, -0.05) is 0 Å². The maximum absolute atomic E-state index is 13.2. The van der Waals surface area contributed by atoms with Gasteiger partial charge in [-0.15, -0.1) is 10.2 Å². The van der Waals surface area contributed by atoms with Crippen molar-refractivity contribution in [1.29, 1.82) is 0 Å². The molecule has 5 aliphatic rings. The first-order valence-electron chi connectivity index (χ1n) is 11.4. The summed E-state index contributed by atoms with van der Waals surface area (Å²) in [6.45, 7) is 1.55. The maximum Gasteiger partial charge on any atom is 0.233 e. The van der Waals surface area contributed by atoms with Gasteiger partial charge in [0, 0.05) is 33.1 Å². The van der Waals surface area contributed by atoms with E-state index in [2.05, 4.69) is 15.1 Å². The highest BCUT2D eigenvalue weighted by Crippen LogP contribution is 2.61. The molecule has 1 unspecified atom stereocenters. The van der Waals surface area contributed by atoms with Crippen molar-refractivity contribution in [2.75, 3.05) is 32.1 Å². The van der Waals surface area contributed by atoms with Gasteiger partial charge >= 0.3 is 0 Å². The molecule has 1 aliphatic heterocycles. The second-order valence-electron chi connectivity index (χ2n) is 10.4. The highest BCUT2D eigenvalue weighted by molar-refractivity contribution is 5.77. The number of hydrogen-bond donors (Lipinski definition) is 0. The summed E-state index contributed by atoms with van der Waals surface area (Å²) < 4.78 is 6.08. The topological polar surface area (TPSA) is 58.6 Å². The van der Waals surface area contributed by atoms with Crippen LogP contribution in [0.1, 0.15) is 57.8 Å². The molecule has 1 aromatic rings. The van der Waals surface area contributed by atoms with Gasteiger partial charge in [-0.25, -0.2) is 0 Å². The molecular weight excluding hydrogens is 364 g/mol. The maximum atomic E-state index is 13.2. The van der Waals surface area contributed by atoms with Crippen LogP contribution in [-0.2, 0) is 4.79 Å². The smallest absolute Gasteiger partial charge is 0.233 e. The van der Waals surface area contributed by atoms with E-state index in [0.717, 1.165) is 49.4 Å². The van der Waals surface area contributed by atoms with Gasteiger partial charge in [0.25, 0.3) is 0 Å². The molecule has 29 heavy (non-hydrogen) atoms. The van der Waals surface area contributed by atoms with E-state index < -0.39 is 0 Å². The third kappa shape index (κ3) is 3.95. The standard InChI is InChI=1S/C23H34N4O2/c1-26(2)20-5-6-21(25-24-20)29-19-4-3-7-27(15-19)22(28)14-23-11-16-8-17(12-23)10-18(9-16)13-23/h5-6,16-19H,3-4,7-15H2,1-2H3. The minimum atomic E-state index is 0.0172. The van der Waals surface area contributed by atoms with E-state index in [0.29, 0.717) is 23.7 Å². The fraction of sp³-hybridized carbons (Fsp3) is 0.783. The summed E-state index contributed by atoms with van der Waals surface area (Å²) in [5.74, 6) is 4.42. The van der Waals surface area contributed by atoms with Crippen molar-refractivity contribution in [1.82, 2.24) is 15.1 Å². The van der Waals surface area contributed by atoms with E-state index in [-0.39, 0.29) is 6.10 Å². The summed E-state index contributed by atoms with van der Waals surface area (Å²) in [6.07, 6.45) is 10.9. The van der Waals surface area contributed by atoms with Gasteiger partial charge in [0.1, 0.15) is 6.10 Å². The van der Waals surface area contributed by atoms with Crippen molar-refractivity contribution in [3.8, 4) is 5.88 Å². The van der Waals surface area contributed by atoms with E-state index in [1.54, 1.807) is 0 Å². The first-order valence-corrected chi connectivity index (χ1v) is 11.4. The third-order valence-electron chi connectivity index (χ3n) is 7.79. The Morgan fingerprint density at radius 2 is 1.83 bits per heavy atom. The summed E-state index contributed by atoms with van der Waals surface area (Å²) in [6, 6.07) is 3.79. The quantitative estimate of drug-likeness (QED) is 0.760. The third-order valence-corrected chi connectivity index (χ3v) is 7.79. The predicted octanol–water partition coefficient (Wildman–Crippen LogP) is 3.52. The number of carbonyl (C=O) groups excluding carboxylic acids is 1. The van der Waals surface area contributed by atoms with Gasteiger partial charge in [0.2, 0.25) is 11.8 Å². The molecule has 5 fully saturated rings. The zero-order valence-corrected chi connectivity index (χ0v) is 17.8. The molecule has 1 atom stereocenters. The average Bonchev–Trinajstić information content (AvgIpc) is 2.67. The molecule has 6 heteroatoms. The number of rotatable bonds is 5. The molecule has 2 heterocycles. The van der Waals surface area contributed by atoms with Crippen LogP contribution in [0.2, 0.25) is 0 Å². The fourth-order valence-corrected chi connectivity index (χ4v) is 6.99. The molecule has 6 nitrogen and oxygen atoms in total. The molecule has 6 rings (SSSR count).